The van der Waals surface area contributed by atoms with Crippen LogP contribution in [0.3, 0.4) is 0 Å². The number of benzene rings is 1. The Morgan fingerprint density at radius 1 is 1.48 bits per heavy atom. The molecule has 1 aromatic carbocycles. The Balaban J connectivity index is 0.00000225. The summed E-state index contributed by atoms with van der Waals surface area (Å²) in [6.07, 6.45) is 3.71. The van der Waals surface area contributed by atoms with Gasteiger partial charge in [-0.25, -0.2) is 4.39 Å². The van der Waals surface area contributed by atoms with Gasteiger partial charge in [0.15, 0.2) is 0 Å². The van der Waals surface area contributed by atoms with Crippen molar-refractivity contribution >= 4 is 29.9 Å². The van der Waals surface area contributed by atoms with Crippen LogP contribution in [0.1, 0.15) is 30.0 Å². The fourth-order valence-electron chi connectivity index (χ4n) is 3.25. The molecule has 1 aliphatic heterocycles. The minimum absolute atomic E-state index is 0. The fourth-order valence-corrected chi connectivity index (χ4v) is 3.58. The second-order valence-electron chi connectivity index (χ2n) is 6.18. The average Bonchev–Trinajstić information content (AvgIpc) is 3.15. The number of hydrogen-bond donors (Lipinski definition) is 2. The topological polar surface area (TPSA) is 59.0 Å². The van der Waals surface area contributed by atoms with Crippen molar-refractivity contribution in [2.24, 2.45) is 13.0 Å². The summed E-state index contributed by atoms with van der Waals surface area (Å²) in [5.41, 5.74) is 1.34. The first kappa shape index (κ1) is 19.7. The minimum Gasteiger partial charge on any atom is -0.349 e. The molecule has 0 aliphatic carbocycles. The van der Waals surface area contributed by atoms with Crippen LogP contribution in [-0.4, -0.2) is 28.8 Å². The number of hydrogen-bond acceptors (Lipinski definition) is 3. The summed E-state index contributed by atoms with van der Waals surface area (Å²) in [5, 5.41) is 10.6. The third kappa shape index (κ3) is 4.14. The summed E-state index contributed by atoms with van der Waals surface area (Å²) in [5.74, 6) is -0.687. The molecule has 1 aliphatic rings. The molecule has 0 radical (unpaired) electrons. The predicted octanol–water partition coefficient (Wildman–Crippen LogP) is 2.81. The molecule has 2 heterocycles. The van der Waals surface area contributed by atoms with Crippen LogP contribution in [0.2, 0.25) is 5.02 Å². The minimum atomic E-state index is -0.499. The number of rotatable bonds is 4. The maximum atomic E-state index is 14.0. The van der Waals surface area contributed by atoms with Crippen molar-refractivity contribution in [3.05, 3.63) is 52.6 Å². The summed E-state index contributed by atoms with van der Waals surface area (Å²) in [6, 6.07) is 4.02. The standard InChI is InChI=1S/C17H20ClFN4O.ClH/c1-10(16-14(18)4-3-5-15(16)19)22-17(24)13-8-20-7-12(13)11-6-21-23(2)9-11;/h3-6,9-10,12-13,20H,7-8H2,1-2H3,(H,22,24);1H/t10?,12-,13+;/m1./s1. The van der Waals surface area contributed by atoms with Gasteiger partial charge in [-0.1, -0.05) is 17.7 Å². The molecule has 1 unspecified atom stereocenters. The molecule has 0 spiro atoms. The Hall–Kier alpha value is -1.63. The highest BCUT2D eigenvalue weighted by Gasteiger charge is 2.35. The number of nitrogens with one attached hydrogen (secondary N) is 2. The molecule has 5 nitrogen and oxygen atoms in total. The first-order valence-electron chi connectivity index (χ1n) is 7.91. The van der Waals surface area contributed by atoms with Crippen molar-refractivity contribution < 1.29 is 9.18 Å². The number of halogens is 3. The molecule has 1 fully saturated rings. The Morgan fingerprint density at radius 2 is 2.24 bits per heavy atom. The molecule has 8 heteroatoms. The molecule has 136 valence electrons. The van der Waals surface area contributed by atoms with E-state index in [-0.39, 0.29) is 30.2 Å². The summed E-state index contributed by atoms with van der Waals surface area (Å²) >= 11 is 6.08. The number of carbonyl (C=O) groups is 1. The van der Waals surface area contributed by atoms with E-state index in [9.17, 15) is 9.18 Å². The molecular formula is C17H21Cl2FN4O. The Labute approximate surface area is 157 Å². The van der Waals surface area contributed by atoms with Crippen LogP contribution in [0.25, 0.3) is 0 Å². The van der Waals surface area contributed by atoms with E-state index >= 15 is 0 Å². The van der Waals surface area contributed by atoms with Gasteiger partial charge in [-0.05, 0) is 24.6 Å². The SMILES string of the molecule is CC(NC(=O)[C@H]1CNC[C@@H]1c1cnn(C)c1)c1c(F)cccc1Cl.Cl. The number of carbonyl (C=O) groups excluding carboxylic acids is 1. The zero-order chi connectivity index (χ0) is 17.3. The first-order valence-corrected chi connectivity index (χ1v) is 8.28. The monoisotopic (exact) mass is 386 g/mol. The van der Waals surface area contributed by atoms with E-state index in [1.165, 1.54) is 6.07 Å². The van der Waals surface area contributed by atoms with E-state index in [2.05, 4.69) is 15.7 Å². The van der Waals surface area contributed by atoms with Gasteiger partial charge in [0.05, 0.1) is 18.2 Å². The van der Waals surface area contributed by atoms with Crippen LogP contribution >= 0.6 is 24.0 Å². The molecule has 0 saturated carbocycles. The number of aryl methyl sites for hydroxylation is 1. The van der Waals surface area contributed by atoms with Crippen LogP contribution in [-0.2, 0) is 11.8 Å². The van der Waals surface area contributed by atoms with E-state index in [4.69, 9.17) is 11.6 Å². The van der Waals surface area contributed by atoms with Crippen molar-refractivity contribution in [1.29, 1.82) is 0 Å². The predicted molar refractivity (Wildman–Crippen MR) is 97.5 cm³/mol. The Morgan fingerprint density at radius 3 is 2.88 bits per heavy atom. The van der Waals surface area contributed by atoms with Crippen molar-refractivity contribution in [3.8, 4) is 0 Å². The lowest BCUT2D eigenvalue weighted by molar-refractivity contribution is -0.125. The van der Waals surface area contributed by atoms with Gasteiger partial charge in [-0.3, -0.25) is 9.48 Å². The average molecular weight is 387 g/mol. The number of amides is 1. The highest BCUT2D eigenvalue weighted by atomic mass is 35.5. The normalized spacial score (nSPS) is 20.8. The third-order valence-electron chi connectivity index (χ3n) is 4.50. The quantitative estimate of drug-likeness (QED) is 0.849. The van der Waals surface area contributed by atoms with Crippen LogP contribution in [0, 0.1) is 11.7 Å². The van der Waals surface area contributed by atoms with Gasteiger partial charge >= 0.3 is 0 Å². The molecule has 1 saturated heterocycles. The summed E-state index contributed by atoms with van der Waals surface area (Å²) < 4.78 is 15.7. The molecule has 1 amide bonds. The molecular weight excluding hydrogens is 366 g/mol. The number of nitrogens with zero attached hydrogens (tertiary/aromatic N) is 2. The van der Waals surface area contributed by atoms with Crippen molar-refractivity contribution in [1.82, 2.24) is 20.4 Å². The molecule has 3 rings (SSSR count). The molecule has 2 N–H and O–H groups in total. The maximum Gasteiger partial charge on any atom is 0.225 e. The lowest BCUT2D eigenvalue weighted by Gasteiger charge is -2.21. The number of aromatic nitrogens is 2. The van der Waals surface area contributed by atoms with Gasteiger partial charge < -0.3 is 10.6 Å². The lowest BCUT2D eigenvalue weighted by atomic mass is 9.90. The summed E-state index contributed by atoms with van der Waals surface area (Å²) in [6.45, 7) is 3.05. The van der Waals surface area contributed by atoms with Crippen LogP contribution in [0.5, 0.6) is 0 Å². The Bertz CT molecular complexity index is 732. The van der Waals surface area contributed by atoms with Gasteiger partial charge in [0.2, 0.25) is 5.91 Å². The van der Waals surface area contributed by atoms with Gasteiger partial charge in [-0.2, -0.15) is 5.10 Å². The second-order valence-corrected chi connectivity index (χ2v) is 6.59. The molecule has 0 bridgehead atoms. The Kier molecular flexibility index (Phi) is 6.43. The van der Waals surface area contributed by atoms with E-state index in [0.29, 0.717) is 17.1 Å². The summed E-state index contributed by atoms with van der Waals surface area (Å²) in [7, 11) is 1.85. The zero-order valence-corrected chi connectivity index (χ0v) is 15.6. The van der Waals surface area contributed by atoms with E-state index < -0.39 is 11.9 Å². The van der Waals surface area contributed by atoms with Gasteiger partial charge in [0.1, 0.15) is 5.82 Å². The summed E-state index contributed by atoms with van der Waals surface area (Å²) in [4.78, 5) is 12.7. The van der Waals surface area contributed by atoms with Crippen molar-refractivity contribution in [2.45, 2.75) is 18.9 Å². The first-order chi connectivity index (χ1) is 11.5. The highest BCUT2D eigenvalue weighted by molar-refractivity contribution is 6.31. The molecule has 1 aromatic heterocycles. The highest BCUT2D eigenvalue weighted by Crippen LogP contribution is 2.30. The largest absolute Gasteiger partial charge is 0.349 e. The van der Waals surface area contributed by atoms with Crippen LogP contribution < -0.4 is 10.6 Å². The molecule has 25 heavy (non-hydrogen) atoms. The van der Waals surface area contributed by atoms with Gasteiger partial charge in [0.25, 0.3) is 0 Å². The fraction of sp³-hybridized carbons (Fsp3) is 0.412. The smallest absolute Gasteiger partial charge is 0.225 e. The zero-order valence-electron chi connectivity index (χ0n) is 14.0. The second kappa shape index (κ2) is 8.17. The molecule has 2 aromatic rings. The van der Waals surface area contributed by atoms with Gasteiger partial charge in [0, 0.05) is 42.8 Å². The molecule has 3 atom stereocenters. The van der Waals surface area contributed by atoms with E-state index in [0.717, 1.165) is 12.1 Å². The maximum absolute atomic E-state index is 14.0. The van der Waals surface area contributed by atoms with E-state index in [1.54, 1.807) is 29.9 Å². The van der Waals surface area contributed by atoms with E-state index in [1.807, 2.05) is 13.2 Å². The van der Waals surface area contributed by atoms with Gasteiger partial charge in [-0.15, -0.1) is 12.4 Å². The van der Waals surface area contributed by atoms with Crippen LogP contribution in [0.15, 0.2) is 30.6 Å². The van der Waals surface area contributed by atoms with Crippen molar-refractivity contribution in [3.63, 3.8) is 0 Å². The third-order valence-corrected chi connectivity index (χ3v) is 4.83. The lowest BCUT2D eigenvalue weighted by Crippen LogP contribution is -2.36. The van der Waals surface area contributed by atoms with Crippen molar-refractivity contribution in [2.75, 3.05) is 13.1 Å². The van der Waals surface area contributed by atoms with Crippen LogP contribution in [0.4, 0.5) is 4.39 Å².